The molecule has 0 radical (unpaired) electrons. The van der Waals surface area contributed by atoms with Crippen molar-refractivity contribution in [3.8, 4) is 0 Å². The van der Waals surface area contributed by atoms with Crippen LogP contribution < -0.4 is 0 Å². The molecule has 1 fully saturated rings. The molecule has 0 heterocycles. The zero-order chi connectivity index (χ0) is 6.91. The Labute approximate surface area is 57.0 Å². The van der Waals surface area contributed by atoms with Gasteiger partial charge in [-0.05, 0) is 12.0 Å². The van der Waals surface area contributed by atoms with E-state index in [-0.39, 0.29) is 18.1 Å². The molecule has 9 heavy (non-hydrogen) atoms. The predicted octanol–water partition coefficient (Wildman–Crippen LogP) is 2.08. The molecule has 54 valence electrons. The molecule has 1 rings (SSSR count). The molecule has 0 atom stereocenters. The lowest BCUT2D eigenvalue weighted by molar-refractivity contribution is -0.0676. The summed E-state index contributed by atoms with van der Waals surface area (Å²) in [5.41, 5.74) is 0. The Kier molecular flexibility index (Phi) is 1.96. The van der Waals surface area contributed by atoms with E-state index in [4.69, 9.17) is 0 Å². The van der Waals surface area contributed by atoms with Crippen LogP contribution in [0.15, 0.2) is 0 Å². The third kappa shape index (κ3) is 1.79. The number of rotatable bonds is 2. The van der Waals surface area contributed by atoms with Crippen LogP contribution >= 0.6 is 12.0 Å². The third-order valence-corrected chi connectivity index (χ3v) is 2.08. The minimum absolute atomic E-state index is 0.0185. The summed E-state index contributed by atoms with van der Waals surface area (Å²) in [6.07, 6.45) is -0.0446. The average Bonchev–Trinajstić information content (AvgIpc) is 1.62. The summed E-state index contributed by atoms with van der Waals surface area (Å²) in [7, 11) is 1.50. The minimum Gasteiger partial charge on any atom is -0.318 e. The van der Waals surface area contributed by atoms with E-state index in [9.17, 15) is 8.78 Å². The van der Waals surface area contributed by atoms with Gasteiger partial charge < -0.3 is 4.18 Å². The highest BCUT2D eigenvalue weighted by Crippen LogP contribution is 2.43. The van der Waals surface area contributed by atoms with Gasteiger partial charge in [-0.25, -0.2) is 8.78 Å². The van der Waals surface area contributed by atoms with Crippen molar-refractivity contribution < 1.29 is 13.0 Å². The quantitative estimate of drug-likeness (QED) is 0.563. The third-order valence-electron chi connectivity index (χ3n) is 1.28. The van der Waals surface area contributed by atoms with E-state index >= 15 is 0 Å². The van der Waals surface area contributed by atoms with Gasteiger partial charge in [0.1, 0.15) is 0 Å². The lowest BCUT2D eigenvalue weighted by Crippen LogP contribution is -2.37. The van der Waals surface area contributed by atoms with Crippen molar-refractivity contribution in [2.75, 3.05) is 7.11 Å². The summed E-state index contributed by atoms with van der Waals surface area (Å²) in [5, 5.41) is 0.0185. The van der Waals surface area contributed by atoms with Gasteiger partial charge in [-0.3, -0.25) is 0 Å². The molecule has 0 N–H and O–H groups in total. The van der Waals surface area contributed by atoms with Crippen molar-refractivity contribution in [1.82, 2.24) is 0 Å². The van der Waals surface area contributed by atoms with Crippen molar-refractivity contribution in [2.45, 2.75) is 24.0 Å². The monoisotopic (exact) mass is 154 g/mol. The van der Waals surface area contributed by atoms with Crippen molar-refractivity contribution in [1.29, 1.82) is 0 Å². The number of hydrogen-bond acceptors (Lipinski definition) is 2. The van der Waals surface area contributed by atoms with Gasteiger partial charge in [0.2, 0.25) is 5.92 Å². The highest BCUT2D eigenvalue weighted by atomic mass is 32.2. The van der Waals surface area contributed by atoms with Gasteiger partial charge in [0.15, 0.2) is 0 Å². The Morgan fingerprint density at radius 1 is 1.56 bits per heavy atom. The molecule has 1 nitrogen and oxygen atoms in total. The van der Waals surface area contributed by atoms with Gasteiger partial charge in [-0.1, -0.05) is 0 Å². The molecule has 0 saturated heterocycles. The van der Waals surface area contributed by atoms with Crippen LogP contribution in [-0.4, -0.2) is 18.3 Å². The van der Waals surface area contributed by atoms with Gasteiger partial charge in [0.05, 0.1) is 7.11 Å². The lowest BCUT2D eigenvalue weighted by Gasteiger charge is -2.32. The molecule has 4 heteroatoms. The van der Waals surface area contributed by atoms with E-state index in [1.54, 1.807) is 0 Å². The molecule has 1 aliphatic rings. The van der Waals surface area contributed by atoms with E-state index in [1.807, 2.05) is 0 Å². The van der Waals surface area contributed by atoms with Gasteiger partial charge >= 0.3 is 0 Å². The number of alkyl halides is 2. The maximum absolute atomic E-state index is 12.0. The maximum atomic E-state index is 12.0. The molecular formula is C5H8F2OS. The van der Waals surface area contributed by atoms with Crippen molar-refractivity contribution >= 4 is 12.0 Å². The van der Waals surface area contributed by atoms with Gasteiger partial charge in [0, 0.05) is 18.1 Å². The second kappa shape index (κ2) is 2.42. The number of halogens is 2. The number of hydrogen-bond donors (Lipinski definition) is 0. The molecule has 0 aromatic rings. The zero-order valence-electron chi connectivity index (χ0n) is 5.06. The minimum atomic E-state index is -2.41. The second-order valence-corrected chi connectivity index (χ2v) is 3.34. The van der Waals surface area contributed by atoms with Crippen molar-refractivity contribution in [2.24, 2.45) is 0 Å². The maximum Gasteiger partial charge on any atom is 0.250 e. The molecule has 0 aliphatic heterocycles. The molecule has 1 saturated carbocycles. The topological polar surface area (TPSA) is 9.23 Å². The summed E-state index contributed by atoms with van der Waals surface area (Å²) < 4.78 is 28.7. The van der Waals surface area contributed by atoms with E-state index in [2.05, 4.69) is 4.18 Å². The average molecular weight is 154 g/mol. The molecule has 0 aromatic heterocycles. The summed E-state index contributed by atoms with van der Waals surface area (Å²) in [5.74, 6) is -2.41. The smallest absolute Gasteiger partial charge is 0.250 e. The van der Waals surface area contributed by atoms with Crippen LogP contribution in [0.2, 0.25) is 0 Å². The first-order valence-electron chi connectivity index (χ1n) is 2.71. The van der Waals surface area contributed by atoms with E-state index in [1.165, 1.54) is 7.11 Å². The summed E-state index contributed by atoms with van der Waals surface area (Å²) in [6, 6.07) is 0. The van der Waals surface area contributed by atoms with E-state index in [0.29, 0.717) is 0 Å². The van der Waals surface area contributed by atoms with Crippen LogP contribution in [0.1, 0.15) is 12.8 Å². The van der Waals surface area contributed by atoms with Crippen LogP contribution in [0.3, 0.4) is 0 Å². The Morgan fingerprint density at radius 3 is 2.44 bits per heavy atom. The molecule has 0 amide bonds. The Hall–Kier alpha value is 0.170. The fourth-order valence-electron chi connectivity index (χ4n) is 0.811. The SMILES string of the molecule is COSC1CC(F)(F)C1. The van der Waals surface area contributed by atoms with E-state index < -0.39 is 5.92 Å². The molecule has 0 unspecified atom stereocenters. The van der Waals surface area contributed by atoms with Crippen LogP contribution in [0.4, 0.5) is 8.78 Å². The van der Waals surface area contributed by atoms with Gasteiger partial charge in [-0.2, -0.15) is 0 Å². The highest BCUT2D eigenvalue weighted by molar-refractivity contribution is 7.95. The lowest BCUT2D eigenvalue weighted by atomic mass is 9.94. The van der Waals surface area contributed by atoms with Crippen molar-refractivity contribution in [3.05, 3.63) is 0 Å². The Morgan fingerprint density at radius 2 is 2.11 bits per heavy atom. The largest absolute Gasteiger partial charge is 0.318 e. The first-order valence-corrected chi connectivity index (χ1v) is 3.52. The van der Waals surface area contributed by atoms with Gasteiger partial charge in [-0.15, -0.1) is 0 Å². The summed E-state index contributed by atoms with van der Waals surface area (Å²) in [6.45, 7) is 0. The Balaban J connectivity index is 2.12. The highest BCUT2D eigenvalue weighted by Gasteiger charge is 2.45. The van der Waals surface area contributed by atoms with Crippen LogP contribution in [0.5, 0.6) is 0 Å². The summed E-state index contributed by atoms with van der Waals surface area (Å²) in [4.78, 5) is 0. The first kappa shape index (κ1) is 7.28. The molecule has 0 spiro atoms. The summed E-state index contributed by atoms with van der Waals surface area (Å²) >= 11 is 1.14. The second-order valence-electron chi connectivity index (χ2n) is 2.15. The van der Waals surface area contributed by atoms with Gasteiger partial charge in [0.25, 0.3) is 0 Å². The van der Waals surface area contributed by atoms with Crippen LogP contribution in [-0.2, 0) is 4.18 Å². The molecule has 0 bridgehead atoms. The van der Waals surface area contributed by atoms with Crippen molar-refractivity contribution in [3.63, 3.8) is 0 Å². The fourth-order valence-corrected chi connectivity index (χ4v) is 1.71. The Bertz CT molecular complexity index is 99.1. The standard InChI is InChI=1S/C5H8F2OS/c1-8-9-4-2-5(6,7)3-4/h4H,2-3H2,1H3. The first-order chi connectivity index (χ1) is 4.14. The molecular weight excluding hydrogens is 146 g/mol. The molecule has 0 aromatic carbocycles. The predicted molar refractivity (Wildman–Crippen MR) is 32.6 cm³/mol. The molecule has 1 aliphatic carbocycles. The normalized spacial score (nSPS) is 25.7. The zero-order valence-corrected chi connectivity index (χ0v) is 5.88. The van der Waals surface area contributed by atoms with Crippen LogP contribution in [0, 0.1) is 0 Å². The van der Waals surface area contributed by atoms with Crippen LogP contribution in [0.25, 0.3) is 0 Å². The van der Waals surface area contributed by atoms with E-state index in [0.717, 1.165) is 12.0 Å². The fraction of sp³-hybridized carbons (Fsp3) is 1.00.